The first-order chi connectivity index (χ1) is 7.88. The van der Waals surface area contributed by atoms with Gasteiger partial charge < -0.3 is 5.32 Å². The van der Waals surface area contributed by atoms with Gasteiger partial charge in [-0.05, 0) is 12.5 Å². The van der Waals surface area contributed by atoms with Gasteiger partial charge >= 0.3 is 0 Å². The first kappa shape index (κ1) is 13.6. The highest BCUT2D eigenvalue weighted by atomic mass is 19.2. The summed E-state index contributed by atoms with van der Waals surface area (Å²) in [5.41, 5.74) is -0.339. The van der Waals surface area contributed by atoms with Crippen molar-refractivity contribution in [2.75, 3.05) is 0 Å². The number of halogens is 2. The molecule has 0 heterocycles. The zero-order chi connectivity index (χ0) is 13.1. The fraction of sp³-hybridized carbons (Fsp3) is 0.462. The van der Waals surface area contributed by atoms with Gasteiger partial charge in [0.05, 0.1) is 0 Å². The van der Waals surface area contributed by atoms with E-state index in [0.717, 1.165) is 6.07 Å². The van der Waals surface area contributed by atoms with Crippen molar-refractivity contribution in [3.8, 4) is 0 Å². The maximum absolute atomic E-state index is 13.3. The molecule has 0 unspecified atom stereocenters. The molecule has 1 aromatic carbocycles. The first-order valence-corrected chi connectivity index (χ1v) is 5.59. The average Bonchev–Trinajstić information content (AvgIpc) is 2.30. The summed E-state index contributed by atoms with van der Waals surface area (Å²) in [6.45, 7) is 5.53. The Labute approximate surface area is 100 Å². The van der Waals surface area contributed by atoms with E-state index in [1.54, 1.807) is 0 Å². The smallest absolute Gasteiger partial charge is 0.225 e. The Hall–Kier alpha value is -1.45. The summed E-state index contributed by atoms with van der Waals surface area (Å²) in [5.74, 6) is -1.96. The number of nitrogens with one attached hydrogen (secondary N) is 1. The molecule has 17 heavy (non-hydrogen) atoms. The lowest BCUT2D eigenvalue weighted by Gasteiger charge is -2.21. The van der Waals surface area contributed by atoms with Gasteiger partial charge in [0.2, 0.25) is 5.91 Å². The lowest BCUT2D eigenvalue weighted by Crippen LogP contribution is -2.36. The fourth-order valence-electron chi connectivity index (χ4n) is 1.26. The Balaban J connectivity index is 2.69. The molecule has 1 N–H and O–H groups in total. The summed E-state index contributed by atoms with van der Waals surface area (Å²) in [6, 6.07) is 3.93. The molecule has 0 saturated heterocycles. The van der Waals surface area contributed by atoms with Crippen molar-refractivity contribution >= 4 is 5.91 Å². The van der Waals surface area contributed by atoms with Gasteiger partial charge in [-0.25, -0.2) is 8.78 Å². The molecule has 94 valence electrons. The summed E-state index contributed by atoms with van der Waals surface area (Å²) in [4.78, 5) is 11.7. The summed E-state index contributed by atoms with van der Waals surface area (Å²) in [7, 11) is 0. The van der Waals surface area contributed by atoms with E-state index < -0.39 is 17.0 Å². The first-order valence-electron chi connectivity index (χ1n) is 5.59. The van der Waals surface area contributed by atoms with E-state index in [-0.39, 0.29) is 18.0 Å². The molecular formula is C13H17F2NO. The average molecular weight is 241 g/mol. The van der Waals surface area contributed by atoms with Crippen molar-refractivity contribution in [3.63, 3.8) is 0 Å². The van der Waals surface area contributed by atoms with Crippen LogP contribution >= 0.6 is 0 Å². The molecule has 0 aliphatic carbocycles. The number of benzene rings is 1. The normalized spacial score (nSPS) is 11.4. The molecule has 0 spiro atoms. The van der Waals surface area contributed by atoms with Gasteiger partial charge in [0.25, 0.3) is 0 Å². The molecule has 4 heteroatoms. The molecule has 0 atom stereocenters. The molecule has 0 fully saturated rings. The highest BCUT2D eigenvalue weighted by molar-refractivity contribution is 5.81. The SMILES string of the molecule is CCC(C)(C)C(=O)NCc1cccc(F)c1F. The van der Waals surface area contributed by atoms with Gasteiger partial charge in [-0.1, -0.05) is 32.9 Å². The maximum atomic E-state index is 13.3. The fourth-order valence-corrected chi connectivity index (χ4v) is 1.26. The van der Waals surface area contributed by atoms with Crippen molar-refractivity contribution < 1.29 is 13.6 Å². The number of amides is 1. The van der Waals surface area contributed by atoms with Crippen molar-refractivity contribution in [2.24, 2.45) is 5.41 Å². The molecule has 2 nitrogen and oxygen atoms in total. The Morgan fingerprint density at radius 3 is 2.59 bits per heavy atom. The Bertz CT molecular complexity index is 416. The zero-order valence-electron chi connectivity index (χ0n) is 10.3. The van der Waals surface area contributed by atoms with Crippen LogP contribution in [0, 0.1) is 17.0 Å². The molecule has 0 radical (unpaired) electrons. The Kier molecular flexibility index (Phi) is 4.21. The second kappa shape index (κ2) is 5.25. The molecule has 0 aromatic heterocycles. The topological polar surface area (TPSA) is 29.1 Å². The minimum atomic E-state index is -0.901. The molecule has 1 amide bonds. The lowest BCUT2D eigenvalue weighted by molar-refractivity contribution is -0.129. The Morgan fingerprint density at radius 2 is 2.00 bits per heavy atom. The van der Waals surface area contributed by atoms with E-state index in [1.165, 1.54) is 12.1 Å². The van der Waals surface area contributed by atoms with E-state index in [0.29, 0.717) is 6.42 Å². The van der Waals surface area contributed by atoms with Crippen LogP contribution in [0.4, 0.5) is 8.78 Å². The number of carbonyl (C=O) groups excluding carboxylic acids is 1. The van der Waals surface area contributed by atoms with E-state index in [4.69, 9.17) is 0 Å². The molecule has 0 saturated carbocycles. The van der Waals surface area contributed by atoms with E-state index in [1.807, 2.05) is 20.8 Å². The van der Waals surface area contributed by atoms with Crippen LogP contribution in [0.1, 0.15) is 32.8 Å². The van der Waals surface area contributed by atoms with Gasteiger partial charge in [0.1, 0.15) is 0 Å². The predicted molar refractivity (Wildman–Crippen MR) is 62.3 cm³/mol. The van der Waals surface area contributed by atoms with Gasteiger partial charge in [0, 0.05) is 17.5 Å². The van der Waals surface area contributed by atoms with Crippen molar-refractivity contribution in [1.82, 2.24) is 5.32 Å². The number of rotatable bonds is 4. The van der Waals surface area contributed by atoms with Gasteiger partial charge in [-0.3, -0.25) is 4.79 Å². The second-order valence-corrected chi connectivity index (χ2v) is 4.63. The standard InChI is InChI=1S/C13H17F2NO/c1-4-13(2,3)12(17)16-8-9-6-5-7-10(14)11(9)15/h5-7H,4,8H2,1-3H3,(H,16,17). The Morgan fingerprint density at radius 1 is 1.35 bits per heavy atom. The number of hydrogen-bond donors (Lipinski definition) is 1. The van der Waals surface area contributed by atoms with Gasteiger partial charge in [0.15, 0.2) is 11.6 Å². The lowest BCUT2D eigenvalue weighted by atomic mass is 9.89. The minimum Gasteiger partial charge on any atom is -0.351 e. The largest absolute Gasteiger partial charge is 0.351 e. The predicted octanol–water partition coefficient (Wildman–Crippen LogP) is 3.02. The van der Waals surface area contributed by atoms with Crippen LogP contribution in [0.15, 0.2) is 18.2 Å². The summed E-state index contributed by atoms with van der Waals surface area (Å²) < 4.78 is 26.2. The third kappa shape index (κ3) is 3.25. The van der Waals surface area contributed by atoms with Crippen LogP contribution < -0.4 is 5.32 Å². The highest BCUT2D eigenvalue weighted by Crippen LogP contribution is 2.20. The molecular weight excluding hydrogens is 224 g/mol. The van der Waals surface area contributed by atoms with Crippen molar-refractivity contribution in [3.05, 3.63) is 35.4 Å². The van der Waals surface area contributed by atoms with Crippen LogP contribution in [0.25, 0.3) is 0 Å². The van der Waals surface area contributed by atoms with Crippen LogP contribution in [-0.4, -0.2) is 5.91 Å². The zero-order valence-corrected chi connectivity index (χ0v) is 10.3. The maximum Gasteiger partial charge on any atom is 0.225 e. The third-order valence-corrected chi connectivity index (χ3v) is 2.97. The quantitative estimate of drug-likeness (QED) is 0.862. The van der Waals surface area contributed by atoms with E-state index in [9.17, 15) is 13.6 Å². The third-order valence-electron chi connectivity index (χ3n) is 2.97. The van der Waals surface area contributed by atoms with Crippen LogP contribution in [-0.2, 0) is 11.3 Å². The second-order valence-electron chi connectivity index (χ2n) is 4.63. The monoisotopic (exact) mass is 241 g/mol. The molecule has 0 aliphatic rings. The molecule has 1 aromatic rings. The number of hydrogen-bond acceptors (Lipinski definition) is 1. The number of carbonyl (C=O) groups is 1. The summed E-state index contributed by atoms with van der Waals surface area (Å²) in [5, 5.41) is 2.61. The van der Waals surface area contributed by atoms with Crippen molar-refractivity contribution in [1.29, 1.82) is 0 Å². The van der Waals surface area contributed by atoms with E-state index >= 15 is 0 Å². The van der Waals surface area contributed by atoms with E-state index in [2.05, 4.69) is 5.32 Å². The van der Waals surface area contributed by atoms with Gasteiger partial charge in [-0.15, -0.1) is 0 Å². The summed E-state index contributed by atoms with van der Waals surface area (Å²) in [6.07, 6.45) is 0.685. The van der Waals surface area contributed by atoms with Crippen LogP contribution in [0.5, 0.6) is 0 Å². The van der Waals surface area contributed by atoms with Gasteiger partial charge in [-0.2, -0.15) is 0 Å². The van der Waals surface area contributed by atoms with Crippen LogP contribution in [0.3, 0.4) is 0 Å². The summed E-state index contributed by atoms with van der Waals surface area (Å²) >= 11 is 0. The van der Waals surface area contributed by atoms with Crippen LogP contribution in [0.2, 0.25) is 0 Å². The molecule has 1 rings (SSSR count). The molecule has 0 bridgehead atoms. The highest BCUT2D eigenvalue weighted by Gasteiger charge is 2.25. The minimum absolute atomic E-state index is 0.00581. The molecule has 0 aliphatic heterocycles. The van der Waals surface area contributed by atoms with Crippen molar-refractivity contribution in [2.45, 2.75) is 33.7 Å².